The Labute approximate surface area is 88.1 Å². The molecule has 72 valence electrons. The second kappa shape index (κ2) is 5.43. The highest BCUT2D eigenvalue weighted by molar-refractivity contribution is 6.32. The molecule has 0 aliphatic heterocycles. The van der Waals surface area contributed by atoms with Crippen LogP contribution < -0.4 is 5.73 Å². The van der Waals surface area contributed by atoms with Crippen LogP contribution in [0, 0.1) is 11.8 Å². The molecule has 2 N–H and O–H groups in total. The van der Waals surface area contributed by atoms with Gasteiger partial charge < -0.3 is 5.73 Å². The zero-order valence-corrected chi connectivity index (χ0v) is 8.34. The third-order valence-electron chi connectivity index (χ3n) is 1.66. The lowest BCUT2D eigenvalue weighted by Gasteiger charge is -1.98. The fourth-order valence-corrected chi connectivity index (χ4v) is 1.22. The molecule has 3 heteroatoms. The predicted octanol–water partition coefficient (Wildman–Crippen LogP) is 1.85. The molecular weight excluding hydrogens is 198 g/mol. The van der Waals surface area contributed by atoms with E-state index in [1.807, 2.05) is 0 Å². The molecule has 14 heavy (non-hydrogen) atoms. The molecule has 0 unspecified atom stereocenters. The average Bonchev–Trinajstić information content (AvgIpc) is 2.20. The summed E-state index contributed by atoms with van der Waals surface area (Å²) in [7, 11) is 0. The van der Waals surface area contributed by atoms with Crippen molar-refractivity contribution in [2.24, 2.45) is 5.73 Å². The summed E-state index contributed by atoms with van der Waals surface area (Å²) in [5.41, 5.74) is 6.39. The fourth-order valence-electron chi connectivity index (χ4n) is 0.994. The van der Waals surface area contributed by atoms with E-state index in [9.17, 15) is 4.79 Å². The highest BCUT2D eigenvalue weighted by atomic mass is 35.5. The van der Waals surface area contributed by atoms with Crippen LogP contribution in [0.1, 0.15) is 22.3 Å². The van der Waals surface area contributed by atoms with E-state index in [0.29, 0.717) is 29.1 Å². The van der Waals surface area contributed by atoms with Gasteiger partial charge in [0.15, 0.2) is 6.29 Å². The van der Waals surface area contributed by atoms with Crippen LogP contribution in [0.5, 0.6) is 0 Å². The fraction of sp³-hybridized carbons (Fsp3) is 0.182. The van der Waals surface area contributed by atoms with Crippen molar-refractivity contribution in [3.8, 4) is 11.8 Å². The van der Waals surface area contributed by atoms with E-state index in [4.69, 9.17) is 17.3 Å². The second-order valence-corrected chi connectivity index (χ2v) is 3.07. The Morgan fingerprint density at radius 1 is 1.50 bits per heavy atom. The van der Waals surface area contributed by atoms with Gasteiger partial charge >= 0.3 is 0 Å². The monoisotopic (exact) mass is 207 g/mol. The minimum atomic E-state index is 0.499. The standard InChI is InChI=1S/C11H10ClNO/c12-11-6-3-4-9(8-14)10(11)5-1-2-7-13/h3-4,6,8H,2,7,13H2. The van der Waals surface area contributed by atoms with Crippen LogP contribution in [-0.4, -0.2) is 12.8 Å². The Bertz CT molecular complexity index is 390. The first-order valence-corrected chi connectivity index (χ1v) is 4.60. The summed E-state index contributed by atoms with van der Waals surface area (Å²) in [5, 5.41) is 0.499. The normalized spacial score (nSPS) is 9.00. The average molecular weight is 208 g/mol. The minimum absolute atomic E-state index is 0.499. The van der Waals surface area contributed by atoms with Crippen molar-refractivity contribution in [3.05, 3.63) is 34.3 Å². The number of halogens is 1. The highest BCUT2D eigenvalue weighted by Crippen LogP contribution is 2.17. The molecule has 0 atom stereocenters. The van der Waals surface area contributed by atoms with Gasteiger partial charge in [0.2, 0.25) is 0 Å². The minimum Gasteiger partial charge on any atom is -0.330 e. The van der Waals surface area contributed by atoms with Gasteiger partial charge in [-0.15, -0.1) is 0 Å². The lowest BCUT2D eigenvalue weighted by atomic mass is 10.1. The largest absolute Gasteiger partial charge is 0.330 e. The molecule has 0 radical (unpaired) electrons. The number of rotatable bonds is 2. The van der Waals surface area contributed by atoms with Gasteiger partial charge in [-0.1, -0.05) is 35.6 Å². The first-order chi connectivity index (χ1) is 6.79. The van der Waals surface area contributed by atoms with Crippen molar-refractivity contribution in [1.82, 2.24) is 0 Å². The number of carbonyl (C=O) groups is 1. The maximum atomic E-state index is 10.7. The van der Waals surface area contributed by atoms with Crippen LogP contribution in [0.15, 0.2) is 18.2 Å². The Morgan fingerprint density at radius 3 is 2.93 bits per heavy atom. The molecular formula is C11H10ClNO. The quantitative estimate of drug-likeness (QED) is 0.594. The molecule has 0 fully saturated rings. The first kappa shape index (κ1) is 10.8. The summed E-state index contributed by atoms with van der Waals surface area (Å²) in [4.78, 5) is 10.7. The van der Waals surface area contributed by atoms with Gasteiger partial charge in [-0.3, -0.25) is 4.79 Å². The molecule has 0 aliphatic carbocycles. The number of hydrogen-bond acceptors (Lipinski definition) is 2. The van der Waals surface area contributed by atoms with Crippen molar-refractivity contribution >= 4 is 17.9 Å². The summed E-state index contributed by atoms with van der Waals surface area (Å²) in [6.07, 6.45) is 1.35. The third-order valence-corrected chi connectivity index (χ3v) is 1.97. The zero-order chi connectivity index (χ0) is 10.4. The molecule has 0 saturated heterocycles. The van der Waals surface area contributed by atoms with E-state index in [2.05, 4.69) is 11.8 Å². The van der Waals surface area contributed by atoms with E-state index in [1.165, 1.54) is 0 Å². The molecule has 0 spiro atoms. The number of nitrogens with two attached hydrogens (primary N) is 1. The molecule has 1 rings (SSSR count). The van der Waals surface area contributed by atoms with Gasteiger partial charge in [0.05, 0.1) is 10.6 Å². The van der Waals surface area contributed by atoms with Crippen LogP contribution in [0.3, 0.4) is 0 Å². The van der Waals surface area contributed by atoms with Crippen molar-refractivity contribution < 1.29 is 4.79 Å². The SMILES string of the molecule is NCCC#Cc1c(Cl)cccc1C=O. The van der Waals surface area contributed by atoms with Crippen molar-refractivity contribution in [3.63, 3.8) is 0 Å². The van der Waals surface area contributed by atoms with Gasteiger partial charge in [-0.2, -0.15) is 0 Å². The van der Waals surface area contributed by atoms with Gasteiger partial charge in [0, 0.05) is 18.5 Å². The number of benzene rings is 1. The van der Waals surface area contributed by atoms with Crippen LogP contribution in [0.4, 0.5) is 0 Å². The van der Waals surface area contributed by atoms with E-state index in [-0.39, 0.29) is 0 Å². The number of hydrogen-bond donors (Lipinski definition) is 1. The summed E-state index contributed by atoms with van der Waals surface area (Å²) in [5.74, 6) is 5.69. The molecule has 1 aromatic rings. The lowest BCUT2D eigenvalue weighted by Crippen LogP contribution is -1.95. The molecule has 0 saturated carbocycles. The van der Waals surface area contributed by atoms with E-state index in [1.54, 1.807) is 18.2 Å². The second-order valence-electron chi connectivity index (χ2n) is 2.66. The molecule has 0 bridgehead atoms. The van der Waals surface area contributed by atoms with Crippen molar-refractivity contribution in [1.29, 1.82) is 0 Å². The maximum absolute atomic E-state index is 10.7. The van der Waals surface area contributed by atoms with Gasteiger partial charge in [0.1, 0.15) is 0 Å². The Morgan fingerprint density at radius 2 is 2.29 bits per heavy atom. The van der Waals surface area contributed by atoms with Gasteiger partial charge in [-0.05, 0) is 6.07 Å². The van der Waals surface area contributed by atoms with Gasteiger partial charge in [0.25, 0.3) is 0 Å². The molecule has 0 aromatic heterocycles. The van der Waals surface area contributed by atoms with Crippen molar-refractivity contribution in [2.75, 3.05) is 6.54 Å². The Hall–Kier alpha value is -1.30. The zero-order valence-electron chi connectivity index (χ0n) is 7.59. The predicted molar refractivity (Wildman–Crippen MR) is 57.4 cm³/mol. The van der Waals surface area contributed by atoms with Crippen LogP contribution in [0.25, 0.3) is 0 Å². The first-order valence-electron chi connectivity index (χ1n) is 4.22. The maximum Gasteiger partial charge on any atom is 0.151 e. The third kappa shape index (κ3) is 2.59. The molecule has 0 aliphatic rings. The van der Waals surface area contributed by atoms with E-state index < -0.39 is 0 Å². The summed E-state index contributed by atoms with van der Waals surface area (Å²) in [6.45, 7) is 0.508. The van der Waals surface area contributed by atoms with Gasteiger partial charge in [-0.25, -0.2) is 0 Å². The van der Waals surface area contributed by atoms with Crippen LogP contribution in [-0.2, 0) is 0 Å². The smallest absolute Gasteiger partial charge is 0.151 e. The van der Waals surface area contributed by atoms with E-state index >= 15 is 0 Å². The molecule has 1 aromatic carbocycles. The highest BCUT2D eigenvalue weighted by Gasteiger charge is 2.02. The van der Waals surface area contributed by atoms with E-state index in [0.717, 1.165) is 6.29 Å². The summed E-state index contributed by atoms with van der Waals surface area (Å²) in [6, 6.07) is 5.12. The number of carbonyl (C=O) groups excluding carboxylic acids is 1. The lowest BCUT2D eigenvalue weighted by molar-refractivity contribution is 0.112. The molecule has 2 nitrogen and oxygen atoms in total. The molecule has 0 amide bonds. The van der Waals surface area contributed by atoms with Crippen LogP contribution >= 0.6 is 11.6 Å². The summed E-state index contributed by atoms with van der Waals surface area (Å²) < 4.78 is 0. The van der Waals surface area contributed by atoms with Crippen molar-refractivity contribution in [2.45, 2.75) is 6.42 Å². The summed E-state index contributed by atoms with van der Waals surface area (Å²) >= 11 is 5.89. The Kier molecular flexibility index (Phi) is 4.18. The van der Waals surface area contributed by atoms with Crippen LogP contribution in [0.2, 0.25) is 5.02 Å². The Balaban J connectivity index is 3.06. The number of aldehydes is 1. The topological polar surface area (TPSA) is 43.1 Å². The molecule has 0 heterocycles.